The van der Waals surface area contributed by atoms with Gasteiger partial charge in [-0.1, -0.05) is 12.1 Å². The molecule has 0 aromatic heterocycles. The summed E-state index contributed by atoms with van der Waals surface area (Å²) in [6, 6.07) is 7.50. The third-order valence-electron chi connectivity index (χ3n) is 2.73. The minimum absolute atomic E-state index is 0.0853. The molecule has 1 aromatic rings. The minimum Gasteiger partial charge on any atom is -0.467 e. The van der Waals surface area contributed by atoms with Crippen LogP contribution in [-0.2, 0) is 14.3 Å². The molecule has 0 fully saturated rings. The quantitative estimate of drug-likeness (QED) is 0.790. The first kappa shape index (κ1) is 14.5. The van der Waals surface area contributed by atoms with E-state index >= 15 is 0 Å². The Labute approximate surface area is 108 Å². The third kappa shape index (κ3) is 4.04. The first-order valence-electron chi connectivity index (χ1n) is 6.14. The number of ether oxygens (including phenoxy) is 2. The number of esters is 1. The van der Waals surface area contributed by atoms with Crippen LogP contribution in [0.25, 0.3) is 0 Å². The minimum atomic E-state index is -0.356. The summed E-state index contributed by atoms with van der Waals surface area (Å²) in [7, 11) is 1.38. The van der Waals surface area contributed by atoms with E-state index in [2.05, 4.69) is 10.1 Å². The molecule has 0 saturated heterocycles. The Bertz CT molecular complexity index is 375. The molecule has 0 heterocycles. The van der Waals surface area contributed by atoms with Crippen LogP contribution in [0.5, 0.6) is 0 Å². The Morgan fingerprint density at radius 1 is 1.28 bits per heavy atom. The molecule has 0 aliphatic heterocycles. The van der Waals surface area contributed by atoms with Crippen LogP contribution in [0.3, 0.4) is 0 Å². The number of anilines is 1. The lowest BCUT2D eigenvalue weighted by Gasteiger charge is -2.15. The monoisotopic (exact) mass is 251 g/mol. The number of carbonyl (C=O) groups is 1. The van der Waals surface area contributed by atoms with Gasteiger partial charge < -0.3 is 14.8 Å². The predicted molar refractivity (Wildman–Crippen MR) is 71.6 cm³/mol. The normalized spacial score (nSPS) is 13.8. The lowest BCUT2D eigenvalue weighted by Crippen LogP contribution is -2.27. The number of hydrogen-bond acceptors (Lipinski definition) is 4. The third-order valence-corrected chi connectivity index (χ3v) is 2.73. The number of benzene rings is 1. The fourth-order valence-corrected chi connectivity index (χ4v) is 1.68. The molecule has 4 nitrogen and oxygen atoms in total. The maximum atomic E-state index is 11.3. The molecule has 0 aliphatic rings. The van der Waals surface area contributed by atoms with Crippen molar-refractivity contribution in [3.05, 3.63) is 29.8 Å². The van der Waals surface area contributed by atoms with E-state index in [1.54, 1.807) is 6.92 Å². The number of hydrogen-bond donors (Lipinski definition) is 1. The average Bonchev–Trinajstić information content (AvgIpc) is 2.38. The molecule has 18 heavy (non-hydrogen) atoms. The summed E-state index contributed by atoms with van der Waals surface area (Å²) < 4.78 is 10.2. The highest BCUT2D eigenvalue weighted by Crippen LogP contribution is 2.19. The van der Waals surface area contributed by atoms with Gasteiger partial charge in [-0.05, 0) is 38.5 Å². The van der Waals surface area contributed by atoms with Crippen molar-refractivity contribution in [1.82, 2.24) is 0 Å². The fraction of sp³-hybridized carbons (Fsp3) is 0.500. The molecule has 1 rings (SSSR count). The molecule has 0 saturated carbocycles. The summed E-state index contributed by atoms with van der Waals surface area (Å²) in [6.45, 7) is 6.45. The molecular formula is C14H21NO3. The lowest BCUT2D eigenvalue weighted by molar-refractivity contribution is -0.141. The van der Waals surface area contributed by atoms with Gasteiger partial charge in [-0.2, -0.15) is 0 Å². The second-order valence-electron chi connectivity index (χ2n) is 4.11. The van der Waals surface area contributed by atoms with E-state index in [9.17, 15) is 4.79 Å². The van der Waals surface area contributed by atoms with Gasteiger partial charge in [-0.3, -0.25) is 0 Å². The van der Waals surface area contributed by atoms with Gasteiger partial charge in [0.05, 0.1) is 13.2 Å². The number of rotatable bonds is 6. The van der Waals surface area contributed by atoms with Crippen LogP contribution in [-0.4, -0.2) is 25.7 Å². The smallest absolute Gasteiger partial charge is 0.327 e. The number of nitrogens with one attached hydrogen (secondary N) is 1. The van der Waals surface area contributed by atoms with E-state index < -0.39 is 0 Å². The van der Waals surface area contributed by atoms with Crippen LogP contribution in [0.1, 0.15) is 32.4 Å². The molecule has 100 valence electrons. The highest BCUT2D eigenvalue weighted by atomic mass is 16.5. The second-order valence-corrected chi connectivity index (χ2v) is 4.11. The van der Waals surface area contributed by atoms with E-state index in [0.717, 1.165) is 11.3 Å². The van der Waals surface area contributed by atoms with Crippen molar-refractivity contribution in [2.75, 3.05) is 19.0 Å². The van der Waals surface area contributed by atoms with Crippen LogP contribution in [0, 0.1) is 0 Å². The molecule has 0 radical (unpaired) electrons. The molecule has 2 atom stereocenters. The summed E-state index contributed by atoms with van der Waals surface area (Å²) in [5.74, 6) is -0.276. The predicted octanol–water partition coefficient (Wildman–Crippen LogP) is 2.76. The van der Waals surface area contributed by atoms with Crippen LogP contribution >= 0.6 is 0 Å². The first-order chi connectivity index (χ1) is 8.58. The molecule has 1 aromatic carbocycles. The van der Waals surface area contributed by atoms with Crippen LogP contribution in [0.15, 0.2) is 24.3 Å². The zero-order chi connectivity index (χ0) is 13.5. The Hall–Kier alpha value is -1.55. The molecule has 0 unspecified atom stereocenters. The molecular weight excluding hydrogens is 230 g/mol. The summed E-state index contributed by atoms with van der Waals surface area (Å²) in [4.78, 5) is 11.3. The van der Waals surface area contributed by atoms with Gasteiger partial charge in [-0.25, -0.2) is 4.79 Å². The lowest BCUT2D eigenvalue weighted by atomic mass is 10.1. The van der Waals surface area contributed by atoms with E-state index in [-0.39, 0.29) is 18.1 Å². The van der Waals surface area contributed by atoms with Crippen molar-refractivity contribution < 1.29 is 14.3 Å². The summed E-state index contributed by atoms with van der Waals surface area (Å²) >= 11 is 0. The van der Waals surface area contributed by atoms with E-state index in [4.69, 9.17) is 4.74 Å². The van der Waals surface area contributed by atoms with Gasteiger partial charge in [0.2, 0.25) is 0 Å². The molecule has 4 heteroatoms. The maximum absolute atomic E-state index is 11.3. The topological polar surface area (TPSA) is 47.6 Å². The van der Waals surface area contributed by atoms with Crippen molar-refractivity contribution in [2.45, 2.75) is 32.9 Å². The molecule has 0 spiro atoms. The Balaban J connectivity index is 2.63. The Morgan fingerprint density at radius 2 is 1.89 bits per heavy atom. The summed E-state index contributed by atoms with van der Waals surface area (Å²) in [5.41, 5.74) is 2.01. The molecule has 0 bridgehead atoms. The van der Waals surface area contributed by atoms with Gasteiger partial charge in [0.1, 0.15) is 6.04 Å². The standard InChI is InChI=1S/C14H21NO3/c1-5-18-11(3)12-6-8-13(9-7-12)15-10(2)14(16)17-4/h6-11,15H,5H2,1-4H3/t10-,11-/m0/s1. The van der Waals surface area contributed by atoms with E-state index in [1.807, 2.05) is 38.1 Å². The van der Waals surface area contributed by atoms with Gasteiger partial charge >= 0.3 is 5.97 Å². The molecule has 0 amide bonds. The van der Waals surface area contributed by atoms with Crippen molar-refractivity contribution >= 4 is 11.7 Å². The van der Waals surface area contributed by atoms with Crippen molar-refractivity contribution in [3.63, 3.8) is 0 Å². The summed E-state index contributed by atoms with van der Waals surface area (Å²) in [5, 5.41) is 3.08. The van der Waals surface area contributed by atoms with E-state index in [1.165, 1.54) is 7.11 Å². The van der Waals surface area contributed by atoms with Crippen molar-refractivity contribution in [2.24, 2.45) is 0 Å². The van der Waals surface area contributed by atoms with Gasteiger partial charge in [0, 0.05) is 12.3 Å². The van der Waals surface area contributed by atoms with Crippen LogP contribution < -0.4 is 5.32 Å². The second kappa shape index (κ2) is 7.01. The van der Waals surface area contributed by atoms with Gasteiger partial charge in [0.25, 0.3) is 0 Å². The zero-order valence-electron chi connectivity index (χ0n) is 11.4. The first-order valence-corrected chi connectivity index (χ1v) is 6.14. The number of methoxy groups -OCH3 is 1. The summed E-state index contributed by atoms with van der Waals surface area (Å²) in [6.07, 6.45) is 0.0853. The number of carbonyl (C=O) groups excluding carboxylic acids is 1. The van der Waals surface area contributed by atoms with Crippen LogP contribution in [0.4, 0.5) is 5.69 Å². The van der Waals surface area contributed by atoms with Crippen LogP contribution in [0.2, 0.25) is 0 Å². The van der Waals surface area contributed by atoms with Gasteiger partial charge in [0.15, 0.2) is 0 Å². The zero-order valence-corrected chi connectivity index (χ0v) is 11.4. The molecule has 1 N–H and O–H groups in total. The Morgan fingerprint density at radius 3 is 2.39 bits per heavy atom. The van der Waals surface area contributed by atoms with E-state index in [0.29, 0.717) is 6.61 Å². The SMILES string of the molecule is CCO[C@@H](C)c1ccc(N[C@@H](C)C(=O)OC)cc1. The highest BCUT2D eigenvalue weighted by molar-refractivity contribution is 5.78. The molecule has 0 aliphatic carbocycles. The largest absolute Gasteiger partial charge is 0.467 e. The maximum Gasteiger partial charge on any atom is 0.327 e. The average molecular weight is 251 g/mol. The van der Waals surface area contributed by atoms with Crippen molar-refractivity contribution in [1.29, 1.82) is 0 Å². The van der Waals surface area contributed by atoms with Crippen molar-refractivity contribution in [3.8, 4) is 0 Å². The van der Waals surface area contributed by atoms with Gasteiger partial charge in [-0.15, -0.1) is 0 Å². The Kier molecular flexibility index (Phi) is 5.65. The fourth-order valence-electron chi connectivity index (χ4n) is 1.68. The highest BCUT2D eigenvalue weighted by Gasteiger charge is 2.12.